The molecule has 0 saturated heterocycles. The van der Waals surface area contributed by atoms with Crippen molar-refractivity contribution < 1.29 is 0 Å². The Morgan fingerprint density at radius 2 is 2.15 bits per heavy atom. The summed E-state index contributed by atoms with van der Waals surface area (Å²) in [6.45, 7) is 3.76. The van der Waals surface area contributed by atoms with Gasteiger partial charge in [0, 0.05) is 0 Å². The third-order valence-electron chi connectivity index (χ3n) is 1.39. The van der Waals surface area contributed by atoms with Gasteiger partial charge in [0.05, 0.1) is 21.8 Å². The molecular weight excluding hydrogens is 186 g/mol. The van der Waals surface area contributed by atoms with Crippen molar-refractivity contribution in [3.05, 3.63) is 16.1 Å². The van der Waals surface area contributed by atoms with Crippen molar-refractivity contribution in [3.63, 3.8) is 0 Å². The topological polar surface area (TPSA) is 89.6 Å². The van der Waals surface area contributed by atoms with Crippen molar-refractivity contribution in [3.8, 4) is 0 Å². The normalized spacial score (nSPS) is 11.4. The molecule has 1 rings (SSSR count). The number of rotatable bonds is 2. The molecule has 1 heterocycles. The summed E-state index contributed by atoms with van der Waals surface area (Å²) < 4.78 is 0. The number of guanidine groups is 1. The average molecular weight is 197 g/mol. The Morgan fingerprint density at radius 1 is 1.46 bits per heavy atom. The predicted molar refractivity (Wildman–Crippen MR) is 54.9 cm³/mol. The summed E-state index contributed by atoms with van der Waals surface area (Å²) in [4.78, 5) is 5.10. The Bertz CT molecular complexity index is 348. The van der Waals surface area contributed by atoms with E-state index in [0.29, 0.717) is 0 Å². The molecular formula is C7H11N5S. The zero-order chi connectivity index (χ0) is 9.84. The Labute approximate surface area is 80.2 Å². The van der Waals surface area contributed by atoms with Crippen LogP contribution < -0.4 is 11.5 Å². The SMILES string of the molecule is C/C(=N\N=C(N)N)c1scnc1C. The van der Waals surface area contributed by atoms with Crippen molar-refractivity contribution >= 4 is 23.0 Å². The highest BCUT2D eigenvalue weighted by atomic mass is 32.1. The van der Waals surface area contributed by atoms with Crippen LogP contribution in [-0.2, 0) is 0 Å². The largest absolute Gasteiger partial charge is 0.369 e. The number of aromatic nitrogens is 1. The third-order valence-corrected chi connectivity index (χ3v) is 2.43. The van der Waals surface area contributed by atoms with Crippen LogP contribution in [0.5, 0.6) is 0 Å². The van der Waals surface area contributed by atoms with E-state index in [2.05, 4.69) is 15.2 Å². The summed E-state index contributed by atoms with van der Waals surface area (Å²) in [6.07, 6.45) is 0. The highest BCUT2D eigenvalue weighted by Gasteiger charge is 2.03. The zero-order valence-electron chi connectivity index (χ0n) is 7.48. The minimum absolute atomic E-state index is 0.0403. The molecule has 0 saturated carbocycles. The smallest absolute Gasteiger partial charge is 0.211 e. The minimum Gasteiger partial charge on any atom is -0.369 e. The zero-order valence-corrected chi connectivity index (χ0v) is 8.30. The number of thiazole rings is 1. The first kappa shape index (κ1) is 9.66. The highest BCUT2D eigenvalue weighted by molar-refractivity contribution is 7.12. The van der Waals surface area contributed by atoms with Gasteiger partial charge >= 0.3 is 0 Å². The lowest BCUT2D eigenvalue weighted by Gasteiger charge is -1.93. The van der Waals surface area contributed by atoms with E-state index in [0.717, 1.165) is 16.3 Å². The molecule has 0 aromatic carbocycles. The second-order valence-electron chi connectivity index (χ2n) is 2.48. The summed E-state index contributed by atoms with van der Waals surface area (Å²) in [5, 5.41) is 7.41. The van der Waals surface area contributed by atoms with Crippen LogP contribution in [0.15, 0.2) is 15.7 Å². The van der Waals surface area contributed by atoms with E-state index in [1.807, 2.05) is 13.8 Å². The standard InChI is InChI=1S/C7H11N5S/c1-4-6(13-3-10-4)5(2)11-12-7(8)9/h3H,1-2H3,(H4,8,9,12)/b11-5+. The molecule has 1 aromatic rings. The Morgan fingerprint density at radius 3 is 2.62 bits per heavy atom. The molecule has 0 bridgehead atoms. The van der Waals surface area contributed by atoms with Gasteiger partial charge in [-0.1, -0.05) is 0 Å². The second kappa shape index (κ2) is 3.99. The fourth-order valence-electron chi connectivity index (χ4n) is 0.827. The summed E-state index contributed by atoms with van der Waals surface area (Å²) in [5.74, 6) is -0.0403. The van der Waals surface area contributed by atoms with Gasteiger partial charge in [0.2, 0.25) is 5.96 Å². The van der Waals surface area contributed by atoms with Crippen LogP contribution in [0.1, 0.15) is 17.5 Å². The van der Waals surface area contributed by atoms with Gasteiger partial charge in [-0.25, -0.2) is 4.98 Å². The maximum absolute atomic E-state index is 5.14. The fraction of sp³-hybridized carbons (Fsp3) is 0.286. The molecule has 0 unspecified atom stereocenters. The predicted octanol–water partition coefficient (Wildman–Crippen LogP) is 0.449. The fourth-order valence-corrected chi connectivity index (χ4v) is 1.58. The molecule has 0 aliphatic rings. The van der Waals surface area contributed by atoms with Crippen molar-refractivity contribution in [2.45, 2.75) is 13.8 Å². The van der Waals surface area contributed by atoms with E-state index < -0.39 is 0 Å². The lowest BCUT2D eigenvalue weighted by Crippen LogP contribution is -2.22. The summed E-state index contributed by atoms with van der Waals surface area (Å²) in [6, 6.07) is 0. The Balaban J connectivity index is 2.91. The second-order valence-corrected chi connectivity index (χ2v) is 3.33. The number of nitrogens with zero attached hydrogens (tertiary/aromatic N) is 3. The molecule has 5 nitrogen and oxygen atoms in total. The summed E-state index contributed by atoms with van der Waals surface area (Å²) in [5.41, 5.74) is 13.8. The van der Waals surface area contributed by atoms with Crippen molar-refractivity contribution in [1.82, 2.24) is 4.98 Å². The molecule has 1 aromatic heterocycles. The van der Waals surface area contributed by atoms with Crippen LogP contribution in [0.3, 0.4) is 0 Å². The van der Waals surface area contributed by atoms with E-state index >= 15 is 0 Å². The molecule has 0 atom stereocenters. The molecule has 0 amide bonds. The van der Waals surface area contributed by atoms with E-state index in [9.17, 15) is 0 Å². The molecule has 13 heavy (non-hydrogen) atoms. The lowest BCUT2D eigenvalue weighted by atomic mass is 10.3. The molecule has 0 fully saturated rings. The summed E-state index contributed by atoms with van der Waals surface area (Å²) in [7, 11) is 0. The van der Waals surface area contributed by atoms with Gasteiger partial charge in [0.15, 0.2) is 0 Å². The Hall–Kier alpha value is -1.43. The summed E-state index contributed by atoms with van der Waals surface area (Å²) >= 11 is 1.52. The van der Waals surface area contributed by atoms with Gasteiger partial charge in [-0.15, -0.1) is 16.4 Å². The van der Waals surface area contributed by atoms with E-state index in [1.165, 1.54) is 11.3 Å². The first-order valence-corrected chi connectivity index (χ1v) is 4.53. The minimum atomic E-state index is -0.0403. The van der Waals surface area contributed by atoms with Crippen LogP contribution in [0.2, 0.25) is 0 Å². The molecule has 0 radical (unpaired) electrons. The number of aryl methyl sites for hydroxylation is 1. The lowest BCUT2D eigenvalue weighted by molar-refractivity contribution is 1.19. The first-order valence-electron chi connectivity index (χ1n) is 3.65. The van der Waals surface area contributed by atoms with Gasteiger partial charge < -0.3 is 11.5 Å². The molecule has 0 aliphatic heterocycles. The van der Waals surface area contributed by atoms with Gasteiger partial charge in [-0.2, -0.15) is 5.10 Å². The maximum Gasteiger partial charge on any atom is 0.211 e. The third kappa shape index (κ3) is 2.51. The average Bonchev–Trinajstić information content (AvgIpc) is 2.47. The highest BCUT2D eigenvalue weighted by Crippen LogP contribution is 2.13. The van der Waals surface area contributed by atoms with Gasteiger partial charge in [-0.3, -0.25) is 0 Å². The number of hydrogen-bond donors (Lipinski definition) is 2. The monoisotopic (exact) mass is 197 g/mol. The number of hydrogen-bond acceptors (Lipinski definition) is 4. The van der Waals surface area contributed by atoms with Crippen LogP contribution in [0.25, 0.3) is 0 Å². The molecule has 6 heteroatoms. The van der Waals surface area contributed by atoms with Crippen molar-refractivity contribution in [2.75, 3.05) is 0 Å². The molecule has 4 N–H and O–H groups in total. The van der Waals surface area contributed by atoms with E-state index in [-0.39, 0.29) is 5.96 Å². The van der Waals surface area contributed by atoms with Gasteiger partial charge in [0.25, 0.3) is 0 Å². The maximum atomic E-state index is 5.14. The van der Waals surface area contributed by atoms with Crippen LogP contribution in [0, 0.1) is 6.92 Å². The van der Waals surface area contributed by atoms with E-state index in [4.69, 9.17) is 11.5 Å². The molecule has 0 aliphatic carbocycles. The van der Waals surface area contributed by atoms with E-state index in [1.54, 1.807) is 5.51 Å². The van der Waals surface area contributed by atoms with Crippen molar-refractivity contribution in [1.29, 1.82) is 0 Å². The Kier molecular flexibility index (Phi) is 2.97. The quantitative estimate of drug-likeness (QED) is 0.409. The van der Waals surface area contributed by atoms with Crippen molar-refractivity contribution in [2.24, 2.45) is 21.7 Å². The number of nitrogens with two attached hydrogens (primary N) is 2. The van der Waals surface area contributed by atoms with Gasteiger partial charge in [-0.05, 0) is 13.8 Å². The van der Waals surface area contributed by atoms with Crippen LogP contribution in [-0.4, -0.2) is 16.7 Å². The van der Waals surface area contributed by atoms with Crippen LogP contribution in [0.4, 0.5) is 0 Å². The van der Waals surface area contributed by atoms with Gasteiger partial charge in [0.1, 0.15) is 0 Å². The molecule has 0 spiro atoms. The first-order chi connectivity index (χ1) is 6.11. The van der Waals surface area contributed by atoms with Crippen LogP contribution >= 0.6 is 11.3 Å². The molecule has 70 valence electrons.